The lowest BCUT2D eigenvalue weighted by atomic mass is 10.1. The van der Waals surface area contributed by atoms with E-state index in [1.807, 2.05) is 17.5 Å². The number of aromatic nitrogens is 3. The Morgan fingerprint density at radius 3 is 2.95 bits per heavy atom. The van der Waals surface area contributed by atoms with Gasteiger partial charge in [0.25, 0.3) is 0 Å². The molecule has 2 aromatic heterocycles. The van der Waals surface area contributed by atoms with Gasteiger partial charge in [-0.15, -0.1) is 21.5 Å². The summed E-state index contributed by atoms with van der Waals surface area (Å²) in [5.74, 6) is 0.531. The highest BCUT2D eigenvalue weighted by Crippen LogP contribution is 2.42. The Morgan fingerprint density at radius 1 is 1.43 bits per heavy atom. The Labute approximate surface area is 128 Å². The summed E-state index contributed by atoms with van der Waals surface area (Å²) in [4.78, 5) is 12.1. The number of aliphatic carboxylic acids is 1. The molecule has 2 aromatic rings. The summed E-state index contributed by atoms with van der Waals surface area (Å²) in [6.07, 6.45) is 2.30. The van der Waals surface area contributed by atoms with Crippen LogP contribution >= 0.6 is 23.1 Å². The van der Waals surface area contributed by atoms with Crippen molar-refractivity contribution in [3.05, 3.63) is 28.2 Å². The van der Waals surface area contributed by atoms with Crippen molar-refractivity contribution >= 4 is 34.8 Å². The molecule has 21 heavy (non-hydrogen) atoms. The zero-order valence-corrected chi connectivity index (χ0v) is 12.6. The van der Waals surface area contributed by atoms with Crippen molar-refractivity contribution in [1.29, 1.82) is 0 Å². The van der Waals surface area contributed by atoms with Gasteiger partial charge in [-0.1, -0.05) is 17.8 Å². The van der Waals surface area contributed by atoms with Gasteiger partial charge in [-0.3, -0.25) is 4.79 Å². The fraction of sp³-hybridized carbons (Fsp3) is 0.385. The van der Waals surface area contributed by atoms with E-state index >= 15 is 0 Å². The van der Waals surface area contributed by atoms with E-state index in [9.17, 15) is 4.79 Å². The highest BCUT2D eigenvalue weighted by Gasteiger charge is 2.35. The Morgan fingerprint density at radius 2 is 2.29 bits per heavy atom. The maximum absolute atomic E-state index is 11.1. The topological polar surface area (TPSA) is 80.4 Å². The number of thiophene rings is 1. The molecule has 8 heteroatoms. The van der Waals surface area contributed by atoms with Gasteiger partial charge in [0.1, 0.15) is 0 Å². The molecule has 1 aliphatic heterocycles. The van der Waals surface area contributed by atoms with Crippen LogP contribution in [-0.4, -0.2) is 36.9 Å². The summed E-state index contributed by atoms with van der Waals surface area (Å²) in [5, 5.41) is 24.7. The minimum absolute atomic E-state index is 0.0347. The van der Waals surface area contributed by atoms with Crippen LogP contribution in [0.15, 0.2) is 27.8 Å². The van der Waals surface area contributed by atoms with Crippen molar-refractivity contribution in [2.75, 3.05) is 0 Å². The highest BCUT2D eigenvalue weighted by molar-refractivity contribution is 8.00. The number of fused-ring (bicyclic) bond motifs is 1. The van der Waals surface area contributed by atoms with E-state index in [2.05, 4.69) is 15.3 Å². The predicted octanol–water partition coefficient (Wildman–Crippen LogP) is 2.42. The first-order valence-corrected chi connectivity index (χ1v) is 8.45. The van der Waals surface area contributed by atoms with Crippen molar-refractivity contribution < 1.29 is 9.90 Å². The molecule has 6 nitrogen and oxygen atoms in total. The molecule has 3 heterocycles. The number of carboxylic acid groups (broad SMARTS) is 1. The smallest absolute Gasteiger partial charge is 0.304 e. The summed E-state index contributed by atoms with van der Waals surface area (Å²) >= 11 is 3.02. The third kappa shape index (κ3) is 2.38. The van der Waals surface area contributed by atoms with Crippen LogP contribution in [0.25, 0.3) is 0 Å². The fourth-order valence-electron chi connectivity index (χ4n) is 2.32. The molecule has 1 atom stereocenters. The van der Waals surface area contributed by atoms with E-state index in [0.717, 1.165) is 29.3 Å². The van der Waals surface area contributed by atoms with Gasteiger partial charge in [0.15, 0.2) is 5.82 Å². The molecule has 0 amide bonds. The largest absolute Gasteiger partial charge is 0.481 e. The number of hydrogen-bond donors (Lipinski definition) is 1. The van der Waals surface area contributed by atoms with E-state index in [4.69, 9.17) is 5.11 Å². The zero-order valence-electron chi connectivity index (χ0n) is 11.0. The first kappa shape index (κ1) is 13.0. The van der Waals surface area contributed by atoms with E-state index in [1.165, 1.54) is 11.8 Å². The van der Waals surface area contributed by atoms with Gasteiger partial charge in [0, 0.05) is 5.92 Å². The second-order valence-electron chi connectivity index (χ2n) is 5.09. The van der Waals surface area contributed by atoms with Crippen LogP contribution in [0, 0.1) is 0 Å². The molecule has 0 aromatic carbocycles. The van der Waals surface area contributed by atoms with Gasteiger partial charge in [-0.2, -0.15) is 9.78 Å². The lowest BCUT2D eigenvalue weighted by molar-refractivity contribution is -0.136. The second-order valence-corrected chi connectivity index (χ2v) is 7.21. The average Bonchev–Trinajstić information content (AvgIpc) is 3.00. The number of carboxylic acids is 1. The van der Waals surface area contributed by atoms with Gasteiger partial charge >= 0.3 is 5.97 Å². The van der Waals surface area contributed by atoms with Crippen LogP contribution in [0.1, 0.15) is 35.9 Å². The van der Waals surface area contributed by atoms with Crippen LogP contribution in [0.2, 0.25) is 0 Å². The lowest BCUT2D eigenvalue weighted by Gasteiger charge is -2.20. The molecule has 0 bridgehead atoms. The van der Waals surface area contributed by atoms with E-state index < -0.39 is 5.97 Å². The third-order valence-electron chi connectivity index (χ3n) is 3.47. The molecular formula is C13H12N4O2S2. The molecule has 1 saturated carbocycles. The fourth-order valence-corrected chi connectivity index (χ4v) is 4.25. The quantitative estimate of drug-likeness (QED) is 0.935. The van der Waals surface area contributed by atoms with Crippen molar-refractivity contribution in [2.45, 2.75) is 35.6 Å². The molecule has 0 unspecified atom stereocenters. The highest BCUT2D eigenvalue weighted by atomic mass is 32.2. The molecule has 1 aliphatic carbocycles. The molecule has 4 rings (SSSR count). The van der Waals surface area contributed by atoms with Crippen molar-refractivity contribution in [2.24, 2.45) is 5.10 Å². The maximum atomic E-state index is 11.1. The Kier molecular flexibility index (Phi) is 3.07. The average molecular weight is 320 g/mol. The number of rotatable bonds is 4. The minimum atomic E-state index is -0.827. The number of hydrogen-bond acceptors (Lipinski definition) is 6. The van der Waals surface area contributed by atoms with Crippen molar-refractivity contribution in [3.8, 4) is 0 Å². The van der Waals surface area contributed by atoms with Crippen molar-refractivity contribution in [3.63, 3.8) is 0 Å². The van der Waals surface area contributed by atoms with Gasteiger partial charge in [-0.05, 0) is 24.3 Å². The number of thioether (sulfide) groups is 1. The predicted molar refractivity (Wildman–Crippen MR) is 80.1 cm³/mol. The van der Waals surface area contributed by atoms with Gasteiger partial charge in [0.2, 0.25) is 5.16 Å². The summed E-state index contributed by atoms with van der Waals surface area (Å²) in [6, 6.07) is 3.93. The number of carbonyl (C=O) groups is 1. The number of nitrogens with zero attached hydrogens (tertiary/aromatic N) is 4. The molecule has 0 radical (unpaired) electrons. The van der Waals surface area contributed by atoms with Crippen LogP contribution in [-0.2, 0) is 4.79 Å². The van der Waals surface area contributed by atoms with Crippen LogP contribution < -0.4 is 0 Å². The van der Waals surface area contributed by atoms with E-state index in [-0.39, 0.29) is 11.7 Å². The molecule has 0 saturated heterocycles. The molecule has 108 valence electrons. The lowest BCUT2D eigenvalue weighted by Crippen LogP contribution is -2.26. The molecule has 0 spiro atoms. The maximum Gasteiger partial charge on any atom is 0.304 e. The summed E-state index contributed by atoms with van der Waals surface area (Å²) in [6.45, 7) is 0. The summed E-state index contributed by atoms with van der Waals surface area (Å²) in [7, 11) is 0. The summed E-state index contributed by atoms with van der Waals surface area (Å²) < 4.78 is 1.80. The minimum Gasteiger partial charge on any atom is -0.481 e. The first-order valence-electron chi connectivity index (χ1n) is 6.69. The standard InChI is InChI=1S/C13H12N4O2S2/c18-10(19)6-9-11(8-2-1-5-20-8)16-17-12(7-3-4-7)14-15-13(17)21-9/h1-2,5,7,9H,3-4,6H2,(H,18,19)/t9-/m1/s1. The van der Waals surface area contributed by atoms with Crippen LogP contribution in [0.4, 0.5) is 0 Å². The van der Waals surface area contributed by atoms with Crippen LogP contribution in [0.5, 0.6) is 0 Å². The second kappa shape index (κ2) is 4.96. The van der Waals surface area contributed by atoms with Crippen LogP contribution in [0.3, 0.4) is 0 Å². The van der Waals surface area contributed by atoms with E-state index in [0.29, 0.717) is 11.1 Å². The summed E-state index contributed by atoms with van der Waals surface area (Å²) in [5.41, 5.74) is 0.812. The normalized spacial score (nSPS) is 21.0. The van der Waals surface area contributed by atoms with Gasteiger partial charge in [-0.25, -0.2) is 0 Å². The first-order chi connectivity index (χ1) is 10.2. The molecule has 1 fully saturated rings. The monoisotopic (exact) mass is 320 g/mol. The Bertz CT molecular complexity index is 719. The third-order valence-corrected chi connectivity index (χ3v) is 5.50. The van der Waals surface area contributed by atoms with Gasteiger partial charge < -0.3 is 5.11 Å². The Hall–Kier alpha value is -1.67. The molecular weight excluding hydrogens is 308 g/mol. The van der Waals surface area contributed by atoms with Gasteiger partial charge in [0.05, 0.1) is 22.3 Å². The molecule has 2 aliphatic rings. The van der Waals surface area contributed by atoms with E-state index in [1.54, 1.807) is 16.0 Å². The Balaban J connectivity index is 1.78. The SMILES string of the molecule is O=C(O)C[C@H]1Sc2nnc(C3CC3)n2N=C1c1cccs1. The van der Waals surface area contributed by atoms with Crippen molar-refractivity contribution in [1.82, 2.24) is 14.9 Å². The zero-order chi connectivity index (χ0) is 14.4. The molecule has 1 N–H and O–H groups in total.